The number of nitriles is 1. The van der Waals surface area contributed by atoms with Crippen molar-refractivity contribution >= 4 is 5.91 Å². The average Bonchev–Trinajstić information content (AvgIpc) is 2.70. The Morgan fingerprint density at radius 2 is 1.85 bits per heavy atom. The number of amides is 1. The minimum absolute atomic E-state index is 0.0591. The summed E-state index contributed by atoms with van der Waals surface area (Å²) in [6.07, 6.45) is 4.88. The first-order valence-electron chi connectivity index (χ1n) is 10.3. The van der Waals surface area contributed by atoms with Crippen molar-refractivity contribution in [1.29, 1.82) is 5.26 Å². The highest BCUT2D eigenvalue weighted by molar-refractivity contribution is 5.81. The number of rotatable bonds is 5. The molecule has 1 aliphatic carbocycles. The quantitative estimate of drug-likeness (QED) is 0.868. The average molecular weight is 369 g/mol. The van der Waals surface area contributed by atoms with Crippen LogP contribution in [0.4, 0.5) is 0 Å². The molecule has 0 radical (unpaired) electrons. The molecule has 1 saturated heterocycles. The number of piperazine rings is 1. The van der Waals surface area contributed by atoms with Gasteiger partial charge in [-0.05, 0) is 43.4 Å². The van der Waals surface area contributed by atoms with Gasteiger partial charge >= 0.3 is 0 Å². The van der Waals surface area contributed by atoms with Crippen molar-refractivity contribution in [2.75, 3.05) is 26.2 Å². The van der Waals surface area contributed by atoms with Crippen LogP contribution in [0.2, 0.25) is 0 Å². The molecule has 5 heteroatoms. The molecule has 0 bridgehead atoms. The molecule has 1 amide bonds. The van der Waals surface area contributed by atoms with Gasteiger partial charge in [0.1, 0.15) is 0 Å². The van der Waals surface area contributed by atoms with Crippen LogP contribution in [-0.4, -0.2) is 54.0 Å². The lowest BCUT2D eigenvalue weighted by Crippen LogP contribution is -2.55. The summed E-state index contributed by atoms with van der Waals surface area (Å²) in [4.78, 5) is 17.4. The van der Waals surface area contributed by atoms with Crippen LogP contribution in [0.5, 0.6) is 0 Å². The Labute approximate surface area is 163 Å². The summed E-state index contributed by atoms with van der Waals surface area (Å²) < 4.78 is 0. The van der Waals surface area contributed by atoms with E-state index in [-0.39, 0.29) is 11.9 Å². The molecule has 3 rings (SSSR count). The molecular weight excluding hydrogens is 336 g/mol. The maximum Gasteiger partial charge on any atom is 0.237 e. The Morgan fingerprint density at radius 1 is 1.19 bits per heavy atom. The zero-order valence-corrected chi connectivity index (χ0v) is 16.7. The SMILES string of the molecule is C[C@H](C(=O)N[C@H]1CCCC[C@@H]1C)N1CCN(Cc2ccc(C#N)cc2)CC1. The van der Waals surface area contributed by atoms with Crippen molar-refractivity contribution in [2.45, 2.75) is 58.2 Å². The van der Waals surface area contributed by atoms with Crippen LogP contribution < -0.4 is 5.32 Å². The fraction of sp³-hybridized carbons (Fsp3) is 0.636. The van der Waals surface area contributed by atoms with Gasteiger partial charge in [0.2, 0.25) is 5.91 Å². The van der Waals surface area contributed by atoms with Gasteiger partial charge in [-0.3, -0.25) is 14.6 Å². The standard InChI is InChI=1S/C22H32N4O/c1-17-5-3-4-6-21(17)24-22(27)18(2)26-13-11-25(12-14-26)16-20-9-7-19(15-23)8-10-20/h7-10,17-18,21H,3-6,11-14,16H2,1-2H3,(H,24,27)/t17-,18+,21-/m0/s1. The van der Waals surface area contributed by atoms with Crippen molar-refractivity contribution in [2.24, 2.45) is 5.92 Å². The molecule has 1 aromatic rings. The van der Waals surface area contributed by atoms with E-state index in [4.69, 9.17) is 5.26 Å². The smallest absolute Gasteiger partial charge is 0.237 e. The predicted octanol–water partition coefficient (Wildman–Crippen LogP) is 2.76. The van der Waals surface area contributed by atoms with Crippen LogP contribution >= 0.6 is 0 Å². The Balaban J connectivity index is 1.44. The third-order valence-electron chi connectivity index (χ3n) is 6.26. The molecule has 1 heterocycles. The molecule has 2 fully saturated rings. The zero-order valence-electron chi connectivity index (χ0n) is 16.7. The van der Waals surface area contributed by atoms with Crippen molar-refractivity contribution < 1.29 is 4.79 Å². The van der Waals surface area contributed by atoms with E-state index in [1.807, 2.05) is 31.2 Å². The fourth-order valence-electron chi connectivity index (χ4n) is 4.25. The van der Waals surface area contributed by atoms with E-state index >= 15 is 0 Å². The first-order valence-corrected chi connectivity index (χ1v) is 10.3. The molecule has 1 aromatic carbocycles. The van der Waals surface area contributed by atoms with Gasteiger partial charge in [-0.1, -0.05) is 31.9 Å². The largest absolute Gasteiger partial charge is 0.352 e. The van der Waals surface area contributed by atoms with Crippen molar-refractivity contribution in [3.63, 3.8) is 0 Å². The van der Waals surface area contributed by atoms with Gasteiger partial charge in [0, 0.05) is 38.8 Å². The summed E-state index contributed by atoms with van der Waals surface area (Å²) in [6.45, 7) is 8.99. The molecule has 1 aliphatic heterocycles. The molecule has 3 atom stereocenters. The summed E-state index contributed by atoms with van der Waals surface area (Å²) in [6, 6.07) is 10.3. The van der Waals surface area contributed by atoms with Gasteiger partial charge in [-0.25, -0.2) is 0 Å². The number of hydrogen-bond donors (Lipinski definition) is 1. The molecule has 27 heavy (non-hydrogen) atoms. The van der Waals surface area contributed by atoms with Crippen molar-refractivity contribution in [1.82, 2.24) is 15.1 Å². The van der Waals surface area contributed by atoms with Gasteiger partial charge in [-0.15, -0.1) is 0 Å². The van der Waals surface area contributed by atoms with Crippen LogP contribution in [0.3, 0.4) is 0 Å². The van der Waals surface area contributed by atoms with E-state index in [0.29, 0.717) is 17.5 Å². The molecule has 1 N–H and O–H groups in total. The lowest BCUT2D eigenvalue weighted by Gasteiger charge is -2.38. The minimum atomic E-state index is -0.0591. The lowest BCUT2D eigenvalue weighted by atomic mass is 9.86. The highest BCUT2D eigenvalue weighted by atomic mass is 16.2. The third kappa shape index (κ3) is 5.31. The van der Waals surface area contributed by atoms with Gasteiger partial charge in [0.15, 0.2) is 0 Å². The summed E-state index contributed by atoms with van der Waals surface area (Å²) in [5.74, 6) is 0.786. The van der Waals surface area contributed by atoms with Crippen LogP contribution in [0.25, 0.3) is 0 Å². The molecule has 0 unspecified atom stereocenters. The molecule has 146 valence electrons. The Bertz CT molecular complexity index is 658. The van der Waals surface area contributed by atoms with Gasteiger partial charge in [-0.2, -0.15) is 5.26 Å². The molecule has 1 saturated carbocycles. The van der Waals surface area contributed by atoms with Crippen LogP contribution in [0.1, 0.15) is 50.7 Å². The second kappa shape index (κ2) is 9.34. The molecule has 0 aromatic heterocycles. The molecule has 0 spiro atoms. The first kappa shape index (κ1) is 19.9. The highest BCUT2D eigenvalue weighted by Crippen LogP contribution is 2.24. The Morgan fingerprint density at radius 3 is 2.48 bits per heavy atom. The first-order chi connectivity index (χ1) is 13.1. The van der Waals surface area contributed by atoms with E-state index in [2.05, 4.69) is 28.1 Å². The van der Waals surface area contributed by atoms with Crippen LogP contribution in [0.15, 0.2) is 24.3 Å². The van der Waals surface area contributed by atoms with E-state index in [1.54, 1.807) is 0 Å². The number of benzene rings is 1. The van der Waals surface area contributed by atoms with Crippen LogP contribution in [0, 0.1) is 17.2 Å². The minimum Gasteiger partial charge on any atom is -0.352 e. The summed E-state index contributed by atoms with van der Waals surface area (Å²) in [5, 5.41) is 12.2. The van der Waals surface area contributed by atoms with E-state index in [1.165, 1.54) is 24.8 Å². The number of carbonyl (C=O) groups excluding carboxylic acids is 1. The fourth-order valence-corrected chi connectivity index (χ4v) is 4.25. The number of nitrogens with one attached hydrogen (secondary N) is 1. The van der Waals surface area contributed by atoms with Crippen LogP contribution in [-0.2, 0) is 11.3 Å². The maximum atomic E-state index is 12.7. The maximum absolute atomic E-state index is 12.7. The number of hydrogen-bond acceptors (Lipinski definition) is 4. The second-order valence-electron chi connectivity index (χ2n) is 8.17. The Kier molecular flexibility index (Phi) is 6.87. The van der Waals surface area contributed by atoms with E-state index in [0.717, 1.165) is 39.1 Å². The van der Waals surface area contributed by atoms with E-state index < -0.39 is 0 Å². The predicted molar refractivity (Wildman–Crippen MR) is 107 cm³/mol. The monoisotopic (exact) mass is 368 g/mol. The highest BCUT2D eigenvalue weighted by Gasteiger charge is 2.29. The lowest BCUT2D eigenvalue weighted by molar-refractivity contribution is -0.127. The topological polar surface area (TPSA) is 59.4 Å². The van der Waals surface area contributed by atoms with Gasteiger partial charge < -0.3 is 5.32 Å². The molecule has 5 nitrogen and oxygen atoms in total. The van der Waals surface area contributed by atoms with E-state index in [9.17, 15) is 4.79 Å². The second-order valence-corrected chi connectivity index (χ2v) is 8.17. The van der Waals surface area contributed by atoms with Crippen molar-refractivity contribution in [3.05, 3.63) is 35.4 Å². The van der Waals surface area contributed by atoms with Crippen molar-refractivity contribution in [3.8, 4) is 6.07 Å². The van der Waals surface area contributed by atoms with Gasteiger partial charge in [0.25, 0.3) is 0 Å². The molecular formula is C22H32N4O. The molecule has 2 aliphatic rings. The van der Waals surface area contributed by atoms with Gasteiger partial charge in [0.05, 0.1) is 17.7 Å². The summed E-state index contributed by atoms with van der Waals surface area (Å²) >= 11 is 0. The normalized spacial score (nSPS) is 25.5. The summed E-state index contributed by atoms with van der Waals surface area (Å²) in [5.41, 5.74) is 1.94. The Hall–Kier alpha value is -1.90. The zero-order chi connectivity index (χ0) is 19.2. The summed E-state index contributed by atoms with van der Waals surface area (Å²) in [7, 11) is 0. The third-order valence-corrected chi connectivity index (χ3v) is 6.26. The number of nitrogens with zero attached hydrogens (tertiary/aromatic N) is 3. The number of carbonyl (C=O) groups is 1.